The summed E-state index contributed by atoms with van der Waals surface area (Å²) in [5, 5.41) is 0. The predicted molar refractivity (Wildman–Crippen MR) is 123 cm³/mol. The quantitative estimate of drug-likeness (QED) is 0.637. The van der Waals surface area contributed by atoms with Crippen LogP contribution in [-0.2, 0) is 11.3 Å². The number of hydrogen-bond acceptors (Lipinski definition) is 6. The number of nitrogens with zero attached hydrogens (tertiary/aromatic N) is 3. The first kappa shape index (κ1) is 23.5. The highest BCUT2D eigenvalue weighted by atomic mass is 19.1. The van der Waals surface area contributed by atoms with Crippen molar-refractivity contribution in [2.75, 3.05) is 66.6 Å². The maximum absolute atomic E-state index is 13.1. The van der Waals surface area contributed by atoms with Crippen LogP contribution in [0.15, 0.2) is 42.5 Å². The molecule has 0 spiro atoms. The topological polar surface area (TPSA) is 54.5 Å². The summed E-state index contributed by atoms with van der Waals surface area (Å²) in [5.41, 5.74) is 1.72. The molecule has 8 heteroatoms. The number of piperazine rings is 1. The average molecular weight is 458 g/mol. The van der Waals surface area contributed by atoms with Crippen LogP contribution in [-0.4, -0.2) is 93.4 Å². The van der Waals surface area contributed by atoms with E-state index in [0.717, 1.165) is 50.8 Å². The van der Waals surface area contributed by atoms with Gasteiger partial charge in [0, 0.05) is 57.9 Å². The Hall–Kier alpha value is -2.68. The van der Waals surface area contributed by atoms with Gasteiger partial charge in [0.2, 0.25) is 0 Å². The third-order valence-electron chi connectivity index (χ3n) is 6.29. The summed E-state index contributed by atoms with van der Waals surface area (Å²) in [7, 11) is 3.29. The molecule has 4 rings (SSSR count). The SMILES string of the molecule is COc1ccc(CN2CCOC(CN3CCN(C(=O)c4ccc(F)cc4)CC3)C2)cc1OC. The number of amides is 1. The molecule has 2 fully saturated rings. The predicted octanol–water partition coefficient (Wildman–Crippen LogP) is 2.50. The maximum Gasteiger partial charge on any atom is 0.253 e. The van der Waals surface area contributed by atoms with Crippen LogP contribution in [0.3, 0.4) is 0 Å². The first-order chi connectivity index (χ1) is 16.1. The van der Waals surface area contributed by atoms with Crippen LogP contribution in [0.25, 0.3) is 0 Å². The lowest BCUT2D eigenvalue weighted by atomic mass is 10.1. The third-order valence-corrected chi connectivity index (χ3v) is 6.29. The van der Waals surface area contributed by atoms with Crippen LogP contribution in [0, 0.1) is 5.82 Å². The van der Waals surface area contributed by atoms with Crippen molar-refractivity contribution in [3.63, 3.8) is 0 Å². The Kier molecular flexibility index (Phi) is 7.80. The molecule has 1 amide bonds. The fourth-order valence-electron chi connectivity index (χ4n) is 4.47. The minimum atomic E-state index is -0.330. The van der Waals surface area contributed by atoms with Crippen LogP contribution in [0.1, 0.15) is 15.9 Å². The molecule has 1 atom stereocenters. The monoisotopic (exact) mass is 457 g/mol. The van der Waals surface area contributed by atoms with E-state index in [2.05, 4.69) is 15.9 Å². The van der Waals surface area contributed by atoms with Crippen molar-refractivity contribution < 1.29 is 23.4 Å². The Morgan fingerprint density at radius 3 is 2.39 bits per heavy atom. The fourth-order valence-corrected chi connectivity index (χ4v) is 4.47. The molecule has 33 heavy (non-hydrogen) atoms. The number of rotatable bonds is 7. The Morgan fingerprint density at radius 1 is 0.970 bits per heavy atom. The van der Waals surface area contributed by atoms with Gasteiger partial charge in [-0.25, -0.2) is 4.39 Å². The largest absolute Gasteiger partial charge is 0.493 e. The standard InChI is InChI=1S/C25H32FN3O4/c1-31-23-8-3-19(15-24(23)32-2)16-28-13-14-33-22(18-28)17-27-9-11-29(12-10-27)25(30)20-4-6-21(26)7-5-20/h3-8,15,22H,9-14,16-18H2,1-2H3. The zero-order chi connectivity index (χ0) is 23.2. The molecule has 2 aromatic rings. The molecular formula is C25H32FN3O4. The molecule has 2 heterocycles. The van der Waals surface area contributed by atoms with E-state index in [4.69, 9.17) is 14.2 Å². The third kappa shape index (κ3) is 6.01. The lowest BCUT2D eigenvalue weighted by Crippen LogP contribution is -2.53. The molecule has 0 radical (unpaired) electrons. The fraction of sp³-hybridized carbons (Fsp3) is 0.480. The molecule has 2 aliphatic rings. The number of halogens is 1. The van der Waals surface area contributed by atoms with E-state index in [-0.39, 0.29) is 17.8 Å². The molecule has 0 N–H and O–H groups in total. The summed E-state index contributed by atoms with van der Waals surface area (Å²) in [5.74, 6) is 1.11. The van der Waals surface area contributed by atoms with Gasteiger partial charge in [0.25, 0.3) is 5.91 Å². The van der Waals surface area contributed by atoms with Crippen LogP contribution in [0.4, 0.5) is 4.39 Å². The van der Waals surface area contributed by atoms with Gasteiger partial charge < -0.3 is 19.1 Å². The van der Waals surface area contributed by atoms with Crippen molar-refractivity contribution in [3.05, 3.63) is 59.4 Å². The molecule has 2 aliphatic heterocycles. The lowest BCUT2D eigenvalue weighted by molar-refractivity contribution is -0.0497. The van der Waals surface area contributed by atoms with Gasteiger partial charge in [0.05, 0.1) is 26.9 Å². The van der Waals surface area contributed by atoms with Crippen molar-refractivity contribution >= 4 is 5.91 Å². The molecule has 178 valence electrons. The normalized spacial score (nSPS) is 20.0. The van der Waals surface area contributed by atoms with E-state index < -0.39 is 0 Å². The van der Waals surface area contributed by atoms with Gasteiger partial charge in [-0.15, -0.1) is 0 Å². The van der Waals surface area contributed by atoms with E-state index in [9.17, 15) is 9.18 Å². The number of benzene rings is 2. The Balaban J connectivity index is 1.25. The van der Waals surface area contributed by atoms with Gasteiger partial charge in [-0.3, -0.25) is 14.6 Å². The minimum absolute atomic E-state index is 0.0374. The molecule has 2 saturated heterocycles. The van der Waals surface area contributed by atoms with E-state index in [1.165, 1.54) is 17.7 Å². The highest BCUT2D eigenvalue weighted by molar-refractivity contribution is 5.94. The number of hydrogen-bond donors (Lipinski definition) is 0. The Bertz CT molecular complexity index is 932. The van der Waals surface area contributed by atoms with Crippen LogP contribution in [0.5, 0.6) is 11.5 Å². The summed E-state index contributed by atoms with van der Waals surface area (Å²) in [6.07, 6.45) is 0.137. The second kappa shape index (κ2) is 11.0. The molecule has 1 unspecified atom stereocenters. The van der Waals surface area contributed by atoms with E-state index in [1.807, 2.05) is 17.0 Å². The summed E-state index contributed by atoms with van der Waals surface area (Å²) in [6.45, 7) is 7.09. The van der Waals surface area contributed by atoms with Crippen LogP contribution < -0.4 is 9.47 Å². The molecule has 0 bridgehead atoms. The summed E-state index contributed by atoms with van der Waals surface area (Å²) >= 11 is 0. The molecule has 7 nitrogen and oxygen atoms in total. The van der Waals surface area contributed by atoms with Gasteiger partial charge in [-0.05, 0) is 42.0 Å². The highest BCUT2D eigenvalue weighted by Gasteiger charge is 2.27. The smallest absolute Gasteiger partial charge is 0.253 e. The second-order valence-corrected chi connectivity index (χ2v) is 8.52. The number of carbonyl (C=O) groups is 1. The maximum atomic E-state index is 13.1. The molecule has 2 aromatic carbocycles. The van der Waals surface area contributed by atoms with Gasteiger partial charge in [0.1, 0.15) is 5.82 Å². The Labute approximate surface area is 194 Å². The highest BCUT2D eigenvalue weighted by Crippen LogP contribution is 2.28. The van der Waals surface area contributed by atoms with Crippen molar-refractivity contribution in [3.8, 4) is 11.5 Å². The van der Waals surface area contributed by atoms with Crippen molar-refractivity contribution in [2.45, 2.75) is 12.6 Å². The van der Waals surface area contributed by atoms with Crippen molar-refractivity contribution in [1.29, 1.82) is 0 Å². The Morgan fingerprint density at radius 2 is 1.70 bits per heavy atom. The first-order valence-corrected chi connectivity index (χ1v) is 11.4. The molecule has 0 aliphatic carbocycles. The first-order valence-electron chi connectivity index (χ1n) is 11.4. The molecule has 0 aromatic heterocycles. The van der Waals surface area contributed by atoms with Crippen molar-refractivity contribution in [1.82, 2.24) is 14.7 Å². The zero-order valence-electron chi connectivity index (χ0n) is 19.3. The molecule has 0 saturated carbocycles. The van der Waals surface area contributed by atoms with Crippen LogP contribution in [0.2, 0.25) is 0 Å². The van der Waals surface area contributed by atoms with E-state index in [1.54, 1.807) is 26.4 Å². The minimum Gasteiger partial charge on any atom is -0.493 e. The number of carbonyl (C=O) groups excluding carboxylic acids is 1. The van der Waals surface area contributed by atoms with Crippen LogP contribution >= 0.6 is 0 Å². The summed E-state index contributed by atoms with van der Waals surface area (Å²) in [6, 6.07) is 11.8. The van der Waals surface area contributed by atoms with E-state index >= 15 is 0 Å². The average Bonchev–Trinajstić information content (AvgIpc) is 2.85. The number of ether oxygens (including phenoxy) is 3. The number of morpholine rings is 1. The number of methoxy groups -OCH3 is 2. The summed E-state index contributed by atoms with van der Waals surface area (Å²) < 4.78 is 29.9. The van der Waals surface area contributed by atoms with E-state index in [0.29, 0.717) is 25.3 Å². The zero-order valence-corrected chi connectivity index (χ0v) is 19.3. The lowest BCUT2D eigenvalue weighted by Gasteiger charge is -2.39. The summed E-state index contributed by atoms with van der Waals surface area (Å²) in [4.78, 5) is 19.3. The van der Waals surface area contributed by atoms with Gasteiger partial charge in [-0.2, -0.15) is 0 Å². The second-order valence-electron chi connectivity index (χ2n) is 8.52. The van der Waals surface area contributed by atoms with Crippen molar-refractivity contribution in [2.24, 2.45) is 0 Å². The van der Waals surface area contributed by atoms with Gasteiger partial charge >= 0.3 is 0 Å². The van der Waals surface area contributed by atoms with Gasteiger partial charge in [-0.1, -0.05) is 6.07 Å². The molecular weight excluding hydrogens is 425 g/mol. The van der Waals surface area contributed by atoms with Gasteiger partial charge in [0.15, 0.2) is 11.5 Å².